The van der Waals surface area contributed by atoms with Gasteiger partial charge in [-0.2, -0.15) is 0 Å². The van der Waals surface area contributed by atoms with E-state index in [9.17, 15) is 4.79 Å². The van der Waals surface area contributed by atoms with Crippen molar-refractivity contribution in [2.45, 2.75) is 55.9 Å². The molecule has 1 aromatic heterocycles. The van der Waals surface area contributed by atoms with E-state index < -0.39 is 0 Å². The molecular weight excluding hydrogens is 530 g/mol. The second-order valence-corrected chi connectivity index (χ2v) is 12.8. The molecule has 1 amide bonds. The zero-order chi connectivity index (χ0) is 28.5. The molecule has 9 unspecified atom stereocenters. The van der Waals surface area contributed by atoms with Crippen LogP contribution in [0, 0.1) is 23.7 Å². The van der Waals surface area contributed by atoms with Crippen molar-refractivity contribution in [1.82, 2.24) is 31.4 Å². The molecule has 3 saturated heterocycles. The van der Waals surface area contributed by atoms with Gasteiger partial charge in [-0.15, -0.1) is 0 Å². The molecule has 5 fully saturated rings. The molecule has 10 nitrogen and oxygen atoms in total. The topological polar surface area (TPSA) is 126 Å². The summed E-state index contributed by atoms with van der Waals surface area (Å²) in [6, 6.07) is 12.7. The molecule has 0 bridgehead atoms. The number of hydrogen-bond acceptors (Lipinski definition) is 9. The van der Waals surface area contributed by atoms with Gasteiger partial charge in [0, 0.05) is 62.6 Å². The molecule has 0 radical (unpaired) electrons. The third kappa shape index (κ3) is 5.68. The lowest BCUT2D eigenvalue weighted by atomic mass is 9.58. The predicted molar refractivity (Wildman–Crippen MR) is 159 cm³/mol. The van der Waals surface area contributed by atoms with E-state index in [1.807, 2.05) is 12.1 Å². The van der Waals surface area contributed by atoms with Crippen molar-refractivity contribution in [3.05, 3.63) is 59.9 Å². The van der Waals surface area contributed by atoms with E-state index in [1.54, 1.807) is 12.4 Å². The number of aromatic nitrogens is 1. The van der Waals surface area contributed by atoms with Crippen molar-refractivity contribution in [3.8, 4) is 5.75 Å². The van der Waals surface area contributed by atoms with Crippen LogP contribution in [0.3, 0.4) is 0 Å². The van der Waals surface area contributed by atoms with Gasteiger partial charge >= 0.3 is 0 Å². The quantitative estimate of drug-likeness (QED) is 0.334. The Hall–Kier alpha value is -2.60. The molecule has 226 valence electrons. The molecule has 2 aromatic rings. The van der Waals surface area contributed by atoms with Crippen LogP contribution in [0.1, 0.15) is 48.9 Å². The van der Waals surface area contributed by atoms with Crippen LogP contribution in [0.2, 0.25) is 0 Å². The minimum Gasteiger partial charge on any atom is -0.492 e. The normalized spacial score (nSPS) is 37.0. The summed E-state index contributed by atoms with van der Waals surface area (Å²) in [7, 11) is 0. The Labute approximate surface area is 248 Å². The standard InChI is InChI=1S/C32H45N7O3/c33-29-25(23-5-2-6-27-26(23)19-35-38-27)18-24(30-28(29)32(40)37-31(36-30)20-7-9-34-10-8-20)21-3-1-4-22(17-21)42-16-13-39-11-14-41-15-12-39/h1,3-4,7-10,17,23-31,35-36,38H,2,5-6,11-16,18-19,33H2,(H,37,40). The van der Waals surface area contributed by atoms with Gasteiger partial charge in [-0.3, -0.25) is 30.8 Å². The van der Waals surface area contributed by atoms with Crippen molar-refractivity contribution in [2.24, 2.45) is 29.4 Å². The molecular formula is C32H45N7O3. The highest BCUT2D eigenvalue weighted by Crippen LogP contribution is 2.49. The highest BCUT2D eigenvalue weighted by Gasteiger charge is 2.54. The van der Waals surface area contributed by atoms with E-state index in [4.69, 9.17) is 15.2 Å². The number of benzene rings is 1. The van der Waals surface area contributed by atoms with E-state index in [-0.39, 0.29) is 41.9 Å². The largest absolute Gasteiger partial charge is 0.492 e. The number of rotatable bonds is 7. The van der Waals surface area contributed by atoms with Gasteiger partial charge in [-0.1, -0.05) is 18.6 Å². The van der Waals surface area contributed by atoms with Crippen LogP contribution in [-0.2, 0) is 9.53 Å². The molecule has 4 heterocycles. The Morgan fingerprint density at radius 3 is 2.76 bits per heavy atom. The number of amides is 1. The van der Waals surface area contributed by atoms with Gasteiger partial charge < -0.3 is 20.5 Å². The Balaban J connectivity index is 1.16. The molecule has 10 heteroatoms. The summed E-state index contributed by atoms with van der Waals surface area (Å²) in [5.41, 5.74) is 16.3. The number of ether oxygens (including phenoxy) is 2. The lowest BCUT2D eigenvalue weighted by Gasteiger charge is -2.53. The predicted octanol–water partition coefficient (Wildman–Crippen LogP) is 1.52. The maximum Gasteiger partial charge on any atom is 0.227 e. The lowest BCUT2D eigenvalue weighted by Crippen LogP contribution is -2.67. The first-order valence-electron chi connectivity index (χ1n) is 15.9. The minimum atomic E-state index is -0.305. The zero-order valence-electron chi connectivity index (χ0n) is 24.3. The number of nitrogens with zero attached hydrogens (tertiary/aromatic N) is 2. The second kappa shape index (κ2) is 12.6. The SMILES string of the molecule is NC1C(C2CCCC3NNCC32)CC(c2cccc(OCCN3CCOCC3)c2)C2NC(c3ccncc3)NC(=O)C12. The molecule has 42 heavy (non-hydrogen) atoms. The summed E-state index contributed by atoms with van der Waals surface area (Å²) in [6.45, 7) is 5.99. The summed E-state index contributed by atoms with van der Waals surface area (Å²) >= 11 is 0. The van der Waals surface area contributed by atoms with E-state index in [0.29, 0.717) is 24.5 Å². The fourth-order valence-corrected chi connectivity index (χ4v) is 8.49. The molecule has 3 aliphatic heterocycles. The first-order chi connectivity index (χ1) is 20.7. The van der Waals surface area contributed by atoms with Crippen molar-refractivity contribution in [3.63, 3.8) is 0 Å². The van der Waals surface area contributed by atoms with Gasteiger partial charge in [-0.25, -0.2) is 0 Å². The van der Waals surface area contributed by atoms with Gasteiger partial charge in [0.25, 0.3) is 0 Å². The van der Waals surface area contributed by atoms with Gasteiger partial charge in [0.05, 0.1) is 19.1 Å². The number of morpholine rings is 1. The van der Waals surface area contributed by atoms with Crippen LogP contribution in [-0.4, -0.2) is 79.9 Å². The Bertz CT molecular complexity index is 1210. The average Bonchev–Trinajstić information content (AvgIpc) is 3.52. The Morgan fingerprint density at radius 2 is 1.90 bits per heavy atom. The molecule has 2 saturated carbocycles. The number of nitrogens with two attached hydrogens (primary N) is 1. The Morgan fingerprint density at radius 1 is 1.05 bits per heavy atom. The summed E-state index contributed by atoms with van der Waals surface area (Å²) < 4.78 is 11.8. The van der Waals surface area contributed by atoms with Crippen molar-refractivity contribution < 1.29 is 14.3 Å². The van der Waals surface area contributed by atoms with E-state index in [0.717, 1.165) is 57.1 Å². The molecule has 0 spiro atoms. The maximum atomic E-state index is 13.9. The van der Waals surface area contributed by atoms with Crippen LogP contribution in [0.5, 0.6) is 5.75 Å². The third-order valence-corrected chi connectivity index (χ3v) is 10.6. The smallest absolute Gasteiger partial charge is 0.227 e. The van der Waals surface area contributed by atoms with Gasteiger partial charge in [0.1, 0.15) is 18.5 Å². The van der Waals surface area contributed by atoms with Crippen molar-refractivity contribution in [1.29, 1.82) is 0 Å². The van der Waals surface area contributed by atoms with Gasteiger partial charge in [0.2, 0.25) is 5.91 Å². The van der Waals surface area contributed by atoms with Crippen LogP contribution in [0.25, 0.3) is 0 Å². The van der Waals surface area contributed by atoms with Crippen LogP contribution in [0.15, 0.2) is 48.8 Å². The molecule has 7 rings (SSSR count). The number of nitrogens with one attached hydrogen (secondary N) is 4. The van der Waals surface area contributed by atoms with Crippen LogP contribution < -0.4 is 32.0 Å². The molecule has 9 atom stereocenters. The van der Waals surface area contributed by atoms with Gasteiger partial charge in [0.15, 0.2) is 0 Å². The van der Waals surface area contributed by atoms with Crippen LogP contribution >= 0.6 is 0 Å². The number of fused-ring (bicyclic) bond motifs is 2. The zero-order valence-corrected chi connectivity index (χ0v) is 24.3. The first-order valence-corrected chi connectivity index (χ1v) is 15.9. The highest BCUT2D eigenvalue weighted by molar-refractivity contribution is 5.82. The molecule has 5 aliphatic rings. The van der Waals surface area contributed by atoms with Crippen molar-refractivity contribution >= 4 is 5.91 Å². The summed E-state index contributed by atoms with van der Waals surface area (Å²) in [5.74, 6) is 2.07. The second-order valence-electron chi connectivity index (χ2n) is 12.8. The van der Waals surface area contributed by atoms with Crippen LogP contribution in [0.4, 0.5) is 0 Å². The number of carbonyl (C=O) groups excluding carboxylic acids is 1. The third-order valence-electron chi connectivity index (χ3n) is 10.6. The molecule has 1 aromatic carbocycles. The summed E-state index contributed by atoms with van der Waals surface area (Å²) in [5, 5.41) is 7.09. The fraction of sp³-hybridized carbons (Fsp3) is 0.625. The number of hydrogen-bond donors (Lipinski definition) is 5. The highest BCUT2D eigenvalue weighted by atomic mass is 16.5. The monoisotopic (exact) mass is 575 g/mol. The van der Waals surface area contributed by atoms with E-state index in [1.165, 1.54) is 24.8 Å². The minimum absolute atomic E-state index is 0.0516. The average molecular weight is 576 g/mol. The molecule has 2 aliphatic carbocycles. The molecule has 6 N–H and O–H groups in total. The van der Waals surface area contributed by atoms with Gasteiger partial charge in [-0.05, 0) is 72.4 Å². The fourth-order valence-electron chi connectivity index (χ4n) is 8.49. The van der Waals surface area contributed by atoms with Crippen molar-refractivity contribution in [2.75, 3.05) is 46.0 Å². The maximum absolute atomic E-state index is 13.9. The summed E-state index contributed by atoms with van der Waals surface area (Å²) in [6.07, 6.45) is 7.80. The van der Waals surface area contributed by atoms with E-state index >= 15 is 0 Å². The van der Waals surface area contributed by atoms with E-state index in [2.05, 4.69) is 55.6 Å². The number of carbonyl (C=O) groups is 1. The Kier molecular flexibility index (Phi) is 8.43. The number of pyridine rings is 1. The summed E-state index contributed by atoms with van der Waals surface area (Å²) in [4.78, 5) is 20.5. The number of hydrazine groups is 1. The lowest BCUT2D eigenvalue weighted by molar-refractivity contribution is -0.134. The first kappa shape index (κ1) is 28.2.